The molecule has 1 atom stereocenters. The molecule has 0 saturated heterocycles. The molecule has 1 amide bonds. The van der Waals surface area contributed by atoms with Crippen LogP contribution in [0.4, 0.5) is 0 Å². The van der Waals surface area contributed by atoms with Crippen molar-refractivity contribution in [2.24, 2.45) is 5.84 Å². The Labute approximate surface area is 90.4 Å². The lowest BCUT2D eigenvalue weighted by molar-refractivity contribution is -0.124. The highest BCUT2D eigenvalue weighted by Crippen LogP contribution is 2.03. The summed E-state index contributed by atoms with van der Waals surface area (Å²) >= 11 is 0. The number of hydrazine groups is 1. The molecule has 0 radical (unpaired) electrons. The largest absolute Gasteiger partial charge is 0.300 e. The molecule has 3 N–H and O–H groups in total. The monoisotopic (exact) mass is 221 g/mol. The first-order valence-corrected chi connectivity index (χ1v) is 4.70. The van der Waals surface area contributed by atoms with Gasteiger partial charge in [-0.05, 0) is 13.0 Å². The van der Waals surface area contributed by atoms with Crippen molar-refractivity contribution in [1.82, 2.24) is 19.6 Å². The zero-order valence-electron chi connectivity index (χ0n) is 8.62. The standard InChI is InChI=1S/C9H11N5O2/c1-6(8(15)12-10)13-4-5-14-7(9(13)16)2-3-11-14/h2-6H,10H2,1H3,(H,12,15). The maximum absolute atomic E-state index is 11.9. The maximum Gasteiger partial charge on any atom is 0.277 e. The van der Waals surface area contributed by atoms with Crippen LogP contribution in [0.15, 0.2) is 29.5 Å². The predicted molar refractivity (Wildman–Crippen MR) is 56.5 cm³/mol. The average Bonchev–Trinajstić information content (AvgIpc) is 2.76. The quantitative estimate of drug-likeness (QED) is 0.388. The molecule has 0 saturated carbocycles. The summed E-state index contributed by atoms with van der Waals surface area (Å²) in [6.07, 6.45) is 4.63. The second-order valence-corrected chi connectivity index (χ2v) is 3.36. The van der Waals surface area contributed by atoms with Crippen molar-refractivity contribution in [3.05, 3.63) is 35.0 Å². The van der Waals surface area contributed by atoms with Gasteiger partial charge in [-0.1, -0.05) is 0 Å². The number of hydrogen-bond acceptors (Lipinski definition) is 4. The molecule has 2 heterocycles. The van der Waals surface area contributed by atoms with E-state index in [-0.39, 0.29) is 5.56 Å². The van der Waals surface area contributed by atoms with E-state index in [9.17, 15) is 9.59 Å². The minimum Gasteiger partial charge on any atom is -0.300 e. The highest BCUT2D eigenvalue weighted by Gasteiger charge is 2.15. The molecule has 0 spiro atoms. The smallest absolute Gasteiger partial charge is 0.277 e. The summed E-state index contributed by atoms with van der Waals surface area (Å²) in [6, 6.07) is 0.934. The van der Waals surface area contributed by atoms with E-state index in [1.165, 1.54) is 21.5 Å². The zero-order chi connectivity index (χ0) is 11.7. The van der Waals surface area contributed by atoms with Gasteiger partial charge in [-0.15, -0.1) is 0 Å². The van der Waals surface area contributed by atoms with E-state index in [1.807, 2.05) is 5.43 Å². The number of nitrogens with one attached hydrogen (secondary N) is 1. The van der Waals surface area contributed by atoms with Crippen molar-refractivity contribution < 1.29 is 4.79 Å². The summed E-state index contributed by atoms with van der Waals surface area (Å²) in [5.41, 5.74) is 2.15. The third kappa shape index (κ3) is 1.47. The van der Waals surface area contributed by atoms with E-state index in [2.05, 4.69) is 5.10 Å². The molecule has 2 aromatic heterocycles. The van der Waals surface area contributed by atoms with Crippen LogP contribution < -0.4 is 16.8 Å². The molecule has 7 nitrogen and oxygen atoms in total. The van der Waals surface area contributed by atoms with Gasteiger partial charge in [0.1, 0.15) is 11.6 Å². The molecule has 16 heavy (non-hydrogen) atoms. The second-order valence-electron chi connectivity index (χ2n) is 3.36. The topological polar surface area (TPSA) is 94.4 Å². The molecular weight excluding hydrogens is 210 g/mol. The molecule has 84 valence electrons. The summed E-state index contributed by atoms with van der Waals surface area (Å²) in [7, 11) is 0. The average molecular weight is 221 g/mol. The number of carbonyl (C=O) groups excluding carboxylic acids is 1. The summed E-state index contributed by atoms with van der Waals surface area (Å²) in [4.78, 5) is 23.3. The lowest BCUT2D eigenvalue weighted by Gasteiger charge is -2.12. The van der Waals surface area contributed by atoms with Gasteiger partial charge in [0.2, 0.25) is 0 Å². The highest BCUT2D eigenvalue weighted by molar-refractivity contribution is 5.79. The predicted octanol–water partition coefficient (Wildman–Crippen LogP) is -0.953. The molecule has 1 unspecified atom stereocenters. The number of hydrogen-bond donors (Lipinski definition) is 2. The van der Waals surface area contributed by atoms with Gasteiger partial charge < -0.3 is 0 Å². The molecule has 0 aliphatic heterocycles. The van der Waals surface area contributed by atoms with Crippen LogP contribution in [-0.2, 0) is 4.79 Å². The Bertz CT molecular complexity index is 585. The van der Waals surface area contributed by atoms with Gasteiger partial charge >= 0.3 is 0 Å². The molecule has 0 bridgehead atoms. The molecule has 0 aromatic carbocycles. The minimum absolute atomic E-state index is 0.281. The Morgan fingerprint density at radius 1 is 1.56 bits per heavy atom. The van der Waals surface area contributed by atoms with Crippen LogP contribution in [-0.4, -0.2) is 20.1 Å². The Kier molecular flexibility index (Phi) is 2.45. The lowest BCUT2D eigenvalue weighted by Crippen LogP contribution is -2.39. The van der Waals surface area contributed by atoms with Crippen LogP contribution >= 0.6 is 0 Å². The van der Waals surface area contributed by atoms with Crippen molar-refractivity contribution in [3.63, 3.8) is 0 Å². The number of nitrogens with two attached hydrogens (primary N) is 1. The molecule has 0 aliphatic rings. The Hall–Kier alpha value is -2.15. The van der Waals surface area contributed by atoms with Crippen molar-refractivity contribution >= 4 is 11.4 Å². The van der Waals surface area contributed by atoms with E-state index >= 15 is 0 Å². The van der Waals surface area contributed by atoms with E-state index in [4.69, 9.17) is 5.84 Å². The van der Waals surface area contributed by atoms with E-state index < -0.39 is 11.9 Å². The highest BCUT2D eigenvalue weighted by atomic mass is 16.2. The fourth-order valence-corrected chi connectivity index (χ4v) is 1.49. The second kappa shape index (κ2) is 3.78. The molecule has 0 fully saturated rings. The molecule has 2 aromatic rings. The van der Waals surface area contributed by atoms with Crippen LogP contribution in [0.1, 0.15) is 13.0 Å². The van der Waals surface area contributed by atoms with Gasteiger partial charge in [0, 0.05) is 12.4 Å². The van der Waals surface area contributed by atoms with Crippen LogP contribution in [0.3, 0.4) is 0 Å². The van der Waals surface area contributed by atoms with Gasteiger partial charge in [-0.2, -0.15) is 5.10 Å². The normalized spacial score (nSPS) is 12.6. The maximum atomic E-state index is 11.9. The Morgan fingerprint density at radius 3 is 3.00 bits per heavy atom. The van der Waals surface area contributed by atoms with E-state index in [1.54, 1.807) is 19.2 Å². The number of rotatable bonds is 2. The first-order valence-electron chi connectivity index (χ1n) is 4.70. The third-order valence-electron chi connectivity index (χ3n) is 2.43. The summed E-state index contributed by atoms with van der Waals surface area (Å²) < 4.78 is 2.76. The number of fused-ring (bicyclic) bond motifs is 1. The van der Waals surface area contributed by atoms with Crippen molar-refractivity contribution in [2.75, 3.05) is 0 Å². The van der Waals surface area contributed by atoms with Crippen LogP contribution in [0.25, 0.3) is 5.52 Å². The SMILES string of the molecule is CC(C(=O)NN)n1ccn2nccc2c1=O. The van der Waals surface area contributed by atoms with Crippen molar-refractivity contribution in [3.8, 4) is 0 Å². The fourth-order valence-electron chi connectivity index (χ4n) is 1.49. The van der Waals surface area contributed by atoms with Gasteiger partial charge in [0.15, 0.2) is 0 Å². The van der Waals surface area contributed by atoms with Crippen molar-refractivity contribution in [1.29, 1.82) is 0 Å². The van der Waals surface area contributed by atoms with Crippen LogP contribution in [0.2, 0.25) is 0 Å². The Balaban J connectivity index is 2.57. The van der Waals surface area contributed by atoms with Crippen LogP contribution in [0.5, 0.6) is 0 Å². The van der Waals surface area contributed by atoms with Crippen molar-refractivity contribution in [2.45, 2.75) is 13.0 Å². The summed E-state index contributed by atoms with van der Waals surface area (Å²) in [5.74, 6) is 4.60. The first kappa shape index (κ1) is 10.4. The van der Waals surface area contributed by atoms with Crippen LogP contribution in [0, 0.1) is 0 Å². The van der Waals surface area contributed by atoms with E-state index in [0.29, 0.717) is 5.52 Å². The van der Waals surface area contributed by atoms with Gasteiger partial charge in [0.05, 0.1) is 6.20 Å². The molecular formula is C9H11N5O2. The summed E-state index contributed by atoms with van der Waals surface area (Å²) in [5, 5.41) is 3.92. The minimum atomic E-state index is -0.655. The van der Waals surface area contributed by atoms with Gasteiger partial charge in [0.25, 0.3) is 11.5 Å². The summed E-state index contributed by atoms with van der Waals surface area (Å²) in [6.45, 7) is 1.59. The van der Waals surface area contributed by atoms with Gasteiger partial charge in [-0.3, -0.25) is 19.6 Å². The van der Waals surface area contributed by atoms with Gasteiger partial charge in [-0.25, -0.2) is 10.4 Å². The molecule has 7 heteroatoms. The zero-order valence-corrected chi connectivity index (χ0v) is 8.62. The third-order valence-corrected chi connectivity index (χ3v) is 2.43. The molecule has 0 aliphatic carbocycles. The number of nitrogens with zero attached hydrogens (tertiary/aromatic N) is 3. The molecule has 2 rings (SSSR count). The van der Waals surface area contributed by atoms with E-state index in [0.717, 1.165) is 0 Å². The lowest BCUT2D eigenvalue weighted by atomic mass is 10.3. The fraction of sp³-hybridized carbons (Fsp3) is 0.222. The number of carbonyl (C=O) groups is 1. The first-order chi connectivity index (χ1) is 7.65. The number of aromatic nitrogens is 3. The Morgan fingerprint density at radius 2 is 2.31 bits per heavy atom. The number of amides is 1.